The van der Waals surface area contributed by atoms with Gasteiger partial charge in [-0.15, -0.1) is 5.10 Å². The number of benzene rings is 2. The van der Waals surface area contributed by atoms with E-state index in [0.717, 1.165) is 17.1 Å². The minimum atomic E-state index is -0.291. The SMILES string of the molecule is CC(C)c1cnnn1-c1cccc(NC(=O)Nc2ccccc2)c1. The molecule has 6 nitrogen and oxygen atoms in total. The number of carbonyl (C=O) groups excluding carboxylic acids is 1. The Kier molecular flexibility index (Phi) is 4.56. The van der Waals surface area contributed by atoms with E-state index in [9.17, 15) is 4.79 Å². The second kappa shape index (κ2) is 6.95. The molecular formula is C18H19N5O. The molecule has 1 aromatic heterocycles. The van der Waals surface area contributed by atoms with Crippen LogP contribution >= 0.6 is 0 Å². The Hall–Kier alpha value is -3.15. The van der Waals surface area contributed by atoms with Crippen LogP contribution in [-0.4, -0.2) is 21.0 Å². The summed E-state index contributed by atoms with van der Waals surface area (Å²) in [6.07, 6.45) is 1.76. The zero-order chi connectivity index (χ0) is 16.9. The molecule has 24 heavy (non-hydrogen) atoms. The van der Waals surface area contributed by atoms with E-state index in [2.05, 4.69) is 34.8 Å². The Morgan fingerprint density at radius 2 is 1.71 bits per heavy atom. The fourth-order valence-electron chi connectivity index (χ4n) is 2.37. The Morgan fingerprint density at radius 3 is 2.46 bits per heavy atom. The molecule has 1 heterocycles. The molecule has 3 aromatic rings. The number of hydrogen-bond acceptors (Lipinski definition) is 3. The van der Waals surface area contributed by atoms with E-state index in [-0.39, 0.29) is 6.03 Å². The van der Waals surface area contributed by atoms with Crippen LogP contribution in [0, 0.1) is 0 Å². The van der Waals surface area contributed by atoms with Gasteiger partial charge in [0.25, 0.3) is 0 Å². The second-order valence-corrected chi connectivity index (χ2v) is 5.72. The van der Waals surface area contributed by atoms with Crippen LogP contribution in [-0.2, 0) is 0 Å². The quantitative estimate of drug-likeness (QED) is 0.762. The molecule has 0 saturated heterocycles. The summed E-state index contributed by atoms with van der Waals surface area (Å²) in [5.41, 5.74) is 3.30. The number of aromatic nitrogens is 3. The molecule has 2 aromatic carbocycles. The smallest absolute Gasteiger partial charge is 0.308 e. The average Bonchev–Trinajstić information content (AvgIpc) is 3.06. The largest absolute Gasteiger partial charge is 0.323 e. The summed E-state index contributed by atoms with van der Waals surface area (Å²) < 4.78 is 1.78. The van der Waals surface area contributed by atoms with E-state index in [1.165, 1.54) is 0 Å². The van der Waals surface area contributed by atoms with Crippen LogP contribution in [0.25, 0.3) is 5.69 Å². The Labute approximate surface area is 140 Å². The number of nitrogens with zero attached hydrogens (tertiary/aromatic N) is 3. The van der Waals surface area contributed by atoms with Crippen LogP contribution in [0.15, 0.2) is 60.8 Å². The van der Waals surface area contributed by atoms with Crippen molar-refractivity contribution in [1.82, 2.24) is 15.0 Å². The lowest BCUT2D eigenvalue weighted by Crippen LogP contribution is -2.19. The highest BCUT2D eigenvalue weighted by atomic mass is 16.2. The molecule has 0 radical (unpaired) electrons. The maximum Gasteiger partial charge on any atom is 0.323 e. The number of urea groups is 1. The number of hydrogen-bond donors (Lipinski definition) is 2. The van der Waals surface area contributed by atoms with Crippen molar-refractivity contribution in [2.45, 2.75) is 19.8 Å². The molecule has 2 N–H and O–H groups in total. The van der Waals surface area contributed by atoms with Crippen LogP contribution in [0.2, 0.25) is 0 Å². The molecular weight excluding hydrogens is 302 g/mol. The normalized spacial score (nSPS) is 10.6. The van der Waals surface area contributed by atoms with Crippen LogP contribution in [0.4, 0.5) is 16.2 Å². The number of carbonyl (C=O) groups is 1. The van der Waals surface area contributed by atoms with Crippen molar-refractivity contribution in [3.63, 3.8) is 0 Å². The number of nitrogens with one attached hydrogen (secondary N) is 2. The summed E-state index contributed by atoms with van der Waals surface area (Å²) in [6, 6.07) is 16.5. The van der Waals surface area contributed by atoms with E-state index in [4.69, 9.17) is 0 Å². The molecule has 0 aliphatic rings. The zero-order valence-corrected chi connectivity index (χ0v) is 13.6. The number of para-hydroxylation sites is 1. The predicted octanol–water partition coefficient (Wildman–Crippen LogP) is 4.03. The van der Waals surface area contributed by atoms with Gasteiger partial charge in [0.1, 0.15) is 0 Å². The first-order chi connectivity index (χ1) is 11.6. The van der Waals surface area contributed by atoms with Gasteiger partial charge in [-0.05, 0) is 36.2 Å². The monoisotopic (exact) mass is 321 g/mol. The van der Waals surface area contributed by atoms with Gasteiger partial charge in [0.2, 0.25) is 0 Å². The van der Waals surface area contributed by atoms with Crippen LogP contribution in [0.3, 0.4) is 0 Å². The van der Waals surface area contributed by atoms with Gasteiger partial charge in [0, 0.05) is 11.4 Å². The lowest BCUT2D eigenvalue weighted by molar-refractivity contribution is 0.262. The summed E-state index contributed by atoms with van der Waals surface area (Å²) in [4.78, 5) is 12.1. The van der Waals surface area contributed by atoms with E-state index >= 15 is 0 Å². The molecule has 0 bridgehead atoms. The van der Waals surface area contributed by atoms with Crippen molar-refractivity contribution in [2.75, 3.05) is 10.6 Å². The van der Waals surface area contributed by atoms with Crippen molar-refractivity contribution in [2.24, 2.45) is 0 Å². The second-order valence-electron chi connectivity index (χ2n) is 5.72. The molecule has 0 spiro atoms. The molecule has 3 rings (SSSR count). The fraction of sp³-hybridized carbons (Fsp3) is 0.167. The Bertz CT molecular complexity index is 826. The van der Waals surface area contributed by atoms with Gasteiger partial charge < -0.3 is 10.6 Å². The summed E-state index contributed by atoms with van der Waals surface area (Å²) in [5.74, 6) is 0.304. The fourth-order valence-corrected chi connectivity index (χ4v) is 2.37. The first-order valence-electron chi connectivity index (χ1n) is 7.77. The van der Waals surface area contributed by atoms with Crippen molar-refractivity contribution < 1.29 is 4.79 Å². The zero-order valence-electron chi connectivity index (χ0n) is 13.6. The molecule has 2 amide bonds. The third-order valence-electron chi connectivity index (χ3n) is 3.55. The lowest BCUT2D eigenvalue weighted by atomic mass is 10.1. The molecule has 0 aliphatic carbocycles. The third kappa shape index (κ3) is 3.60. The average molecular weight is 321 g/mol. The van der Waals surface area contributed by atoms with Gasteiger partial charge in [-0.2, -0.15) is 0 Å². The van der Waals surface area contributed by atoms with E-state index < -0.39 is 0 Å². The van der Waals surface area contributed by atoms with E-state index in [1.54, 1.807) is 10.9 Å². The number of rotatable bonds is 4. The summed E-state index contributed by atoms with van der Waals surface area (Å²) >= 11 is 0. The van der Waals surface area contributed by atoms with Gasteiger partial charge in [0.05, 0.1) is 17.6 Å². The highest BCUT2D eigenvalue weighted by Crippen LogP contribution is 2.20. The van der Waals surface area contributed by atoms with E-state index in [0.29, 0.717) is 11.6 Å². The van der Waals surface area contributed by atoms with Gasteiger partial charge in [-0.1, -0.05) is 43.3 Å². The Balaban J connectivity index is 1.76. The minimum Gasteiger partial charge on any atom is -0.308 e. The maximum absolute atomic E-state index is 12.1. The molecule has 0 fully saturated rings. The number of amides is 2. The summed E-state index contributed by atoms with van der Waals surface area (Å²) in [7, 11) is 0. The van der Waals surface area contributed by atoms with Gasteiger partial charge >= 0.3 is 6.03 Å². The summed E-state index contributed by atoms with van der Waals surface area (Å²) in [5, 5.41) is 13.7. The topological polar surface area (TPSA) is 71.8 Å². The van der Waals surface area contributed by atoms with Gasteiger partial charge in [-0.25, -0.2) is 9.48 Å². The molecule has 122 valence electrons. The maximum atomic E-state index is 12.1. The molecule has 6 heteroatoms. The van der Waals surface area contributed by atoms with Gasteiger partial charge in [-0.3, -0.25) is 0 Å². The molecule has 0 aliphatic heterocycles. The minimum absolute atomic E-state index is 0.291. The Morgan fingerprint density at radius 1 is 1.00 bits per heavy atom. The standard InChI is InChI=1S/C18H19N5O/c1-13(2)17-12-19-22-23(17)16-10-6-9-15(11-16)21-18(24)20-14-7-4-3-5-8-14/h3-13H,1-2H3,(H2,20,21,24). The van der Waals surface area contributed by atoms with Crippen molar-refractivity contribution in [3.8, 4) is 5.69 Å². The first-order valence-corrected chi connectivity index (χ1v) is 7.77. The van der Waals surface area contributed by atoms with Crippen LogP contribution in [0.1, 0.15) is 25.5 Å². The number of anilines is 2. The molecule has 0 unspecified atom stereocenters. The van der Waals surface area contributed by atoms with Crippen LogP contribution < -0.4 is 10.6 Å². The van der Waals surface area contributed by atoms with Crippen molar-refractivity contribution >= 4 is 17.4 Å². The van der Waals surface area contributed by atoms with Crippen molar-refractivity contribution in [1.29, 1.82) is 0 Å². The highest BCUT2D eigenvalue weighted by molar-refractivity contribution is 5.99. The van der Waals surface area contributed by atoms with Crippen molar-refractivity contribution in [3.05, 3.63) is 66.5 Å². The lowest BCUT2D eigenvalue weighted by Gasteiger charge is -2.11. The summed E-state index contributed by atoms with van der Waals surface area (Å²) in [6.45, 7) is 4.18. The third-order valence-corrected chi connectivity index (χ3v) is 3.55. The molecule has 0 atom stereocenters. The molecule has 0 saturated carbocycles. The van der Waals surface area contributed by atoms with Gasteiger partial charge in [0.15, 0.2) is 0 Å². The first kappa shape index (κ1) is 15.7. The van der Waals surface area contributed by atoms with E-state index in [1.807, 2.05) is 54.6 Å². The predicted molar refractivity (Wildman–Crippen MR) is 94.5 cm³/mol. The highest BCUT2D eigenvalue weighted by Gasteiger charge is 2.10. The van der Waals surface area contributed by atoms with Crippen LogP contribution in [0.5, 0.6) is 0 Å².